The summed E-state index contributed by atoms with van der Waals surface area (Å²) in [5.74, 6) is 0.853. The number of ether oxygens (including phenoxy) is 1. The van der Waals surface area contributed by atoms with Gasteiger partial charge in [-0.1, -0.05) is 49.2 Å². The minimum Gasteiger partial charge on any atom is -0.490 e. The molecule has 1 fully saturated rings. The molecule has 0 saturated heterocycles. The largest absolute Gasteiger partial charge is 0.490 e. The molecule has 1 aliphatic carbocycles. The van der Waals surface area contributed by atoms with Gasteiger partial charge in [-0.05, 0) is 24.3 Å². The van der Waals surface area contributed by atoms with Crippen molar-refractivity contribution in [3.63, 3.8) is 0 Å². The lowest BCUT2D eigenvalue weighted by Gasteiger charge is -2.15. The number of ketones is 1. The molecule has 0 aromatic heterocycles. The molecule has 5 nitrogen and oxygen atoms in total. The van der Waals surface area contributed by atoms with Gasteiger partial charge in [-0.2, -0.15) is 0 Å². The Kier molecular flexibility index (Phi) is 6.82. The van der Waals surface area contributed by atoms with Crippen molar-refractivity contribution < 1.29 is 19.4 Å². The summed E-state index contributed by atoms with van der Waals surface area (Å²) in [6.45, 7) is 0.205. The first-order valence-corrected chi connectivity index (χ1v) is 9.71. The van der Waals surface area contributed by atoms with Crippen molar-refractivity contribution in [1.29, 1.82) is 0 Å². The number of hydrogen-bond donors (Lipinski definition) is 2. The topological polar surface area (TPSA) is 75.6 Å². The van der Waals surface area contributed by atoms with E-state index in [2.05, 4.69) is 5.32 Å². The number of amides is 1. The van der Waals surface area contributed by atoms with Crippen LogP contribution in [-0.2, 0) is 9.59 Å². The number of rotatable bonds is 9. The van der Waals surface area contributed by atoms with Gasteiger partial charge in [0.25, 0.3) is 0 Å². The van der Waals surface area contributed by atoms with Gasteiger partial charge >= 0.3 is 0 Å². The van der Waals surface area contributed by atoms with Crippen LogP contribution in [0.2, 0.25) is 0 Å². The first kappa shape index (κ1) is 19.4. The van der Waals surface area contributed by atoms with Crippen molar-refractivity contribution in [2.75, 3.05) is 13.2 Å². The van der Waals surface area contributed by atoms with Gasteiger partial charge in [0.2, 0.25) is 5.91 Å². The van der Waals surface area contributed by atoms with Crippen LogP contribution in [0.1, 0.15) is 38.5 Å². The first-order valence-electron chi connectivity index (χ1n) is 9.71. The van der Waals surface area contributed by atoms with Crippen molar-refractivity contribution in [1.82, 2.24) is 5.32 Å². The molecule has 1 atom stereocenters. The molecule has 2 N–H and O–H groups in total. The second-order valence-electron chi connectivity index (χ2n) is 7.19. The van der Waals surface area contributed by atoms with Gasteiger partial charge in [-0.25, -0.2) is 0 Å². The average molecular weight is 369 g/mol. The van der Waals surface area contributed by atoms with Crippen molar-refractivity contribution in [2.24, 2.45) is 5.92 Å². The maximum atomic E-state index is 12.0. The Morgan fingerprint density at radius 1 is 1.07 bits per heavy atom. The lowest BCUT2D eigenvalue weighted by molar-refractivity contribution is -0.127. The minimum atomic E-state index is -0.807. The van der Waals surface area contributed by atoms with Crippen molar-refractivity contribution in [2.45, 2.75) is 44.6 Å². The number of carbonyl (C=O) groups is 2. The fourth-order valence-electron chi connectivity index (χ4n) is 3.58. The van der Waals surface area contributed by atoms with E-state index in [9.17, 15) is 14.7 Å². The molecule has 5 heteroatoms. The van der Waals surface area contributed by atoms with Crippen LogP contribution in [0.5, 0.6) is 5.75 Å². The molecule has 144 valence electrons. The van der Waals surface area contributed by atoms with Gasteiger partial charge < -0.3 is 15.2 Å². The number of aliphatic hydroxyl groups excluding tert-OH is 1. The quantitative estimate of drug-likeness (QED) is 0.711. The van der Waals surface area contributed by atoms with Crippen molar-refractivity contribution in [3.05, 3.63) is 42.5 Å². The monoisotopic (exact) mass is 369 g/mol. The van der Waals surface area contributed by atoms with E-state index in [1.165, 1.54) is 0 Å². The summed E-state index contributed by atoms with van der Waals surface area (Å²) in [7, 11) is 0. The zero-order chi connectivity index (χ0) is 19.1. The van der Waals surface area contributed by atoms with E-state index in [-0.39, 0.29) is 37.2 Å². The molecular weight excluding hydrogens is 342 g/mol. The van der Waals surface area contributed by atoms with E-state index in [1.807, 2.05) is 42.5 Å². The Hall–Kier alpha value is -2.40. The Labute approximate surface area is 159 Å². The molecule has 0 radical (unpaired) electrons. The number of carbonyl (C=O) groups excluding carboxylic acids is 2. The van der Waals surface area contributed by atoms with Crippen LogP contribution < -0.4 is 10.1 Å². The molecule has 0 heterocycles. The highest BCUT2D eigenvalue weighted by Gasteiger charge is 2.22. The second kappa shape index (κ2) is 9.51. The van der Waals surface area contributed by atoms with Crippen LogP contribution in [0.3, 0.4) is 0 Å². The highest BCUT2D eigenvalue weighted by atomic mass is 16.5. The Morgan fingerprint density at radius 3 is 2.63 bits per heavy atom. The number of nitrogens with one attached hydrogen (secondary N) is 1. The number of hydrogen-bond acceptors (Lipinski definition) is 4. The van der Waals surface area contributed by atoms with E-state index in [0.29, 0.717) is 12.2 Å². The average Bonchev–Trinajstić information content (AvgIpc) is 3.23. The molecule has 3 rings (SSSR count). The molecule has 0 spiro atoms. The van der Waals surface area contributed by atoms with Gasteiger partial charge in [0.1, 0.15) is 24.2 Å². The summed E-state index contributed by atoms with van der Waals surface area (Å²) >= 11 is 0. The molecule has 0 unspecified atom stereocenters. The predicted octanol–water partition coefficient (Wildman–Crippen LogP) is 3.24. The second-order valence-corrected chi connectivity index (χ2v) is 7.19. The lowest BCUT2D eigenvalue weighted by Crippen LogP contribution is -2.35. The highest BCUT2D eigenvalue weighted by Crippen LogP contribution is 2.27. The normalized spacial score (nSPS) is 15.6. The van der Waals surface area contributed by atoms with Crippen LogP contribution in [0.4, 0.5) is 0 Å². The smallest absolute Gasteiger partial charge is 0.220 e. The van der Waals surface area contributed by atoms with E-state index in [4.69, 9.17) is 4.74 Å². The van der Waals surface area contributed by atoms with Crippen LogP contribution >= 0.6 is 0 Å². The molecular formula is C22H27NO4. The summed E-state index contributed by atoms with van der Waals surface area (Å²) in [4.78, 5) is 23.9. The van der Waals surface area contributed by atoms with E-state index >= 15 is 0 Å². The summed E-state index contributed by atoms with van der Waals surface area (Å²) in [6, 6.07) is 13.7. The van der Waals surface area contributed by atoms with Gasteiger partial charge in [0.15, 0.2) is 0 Å². The third-order valence-corrected chi connectivity index (χ3v) is 5.12. The fourth-order valence-corrected chi connectivity index (χ4v) is 3.58. The number of Topliss-reactive ketones (excluding diaryl/α,β-unsaturated/α-hetero) is 1. The SMILES string of the molecule is O=C(CCC(=O)C1CCCC1)NC[C@@H](O)COc1cccc2ccccc12. The Balaban J connectivity index is 1.38. The predicted molar refractivity (Wildman–Crippen MR) is 105 cm³/mol. The summed E-state index contributed by atoms with van der Waals surface area (Å²) < 4.78 is 5.72. The Morgan fingerprint density at radius 2 is 1.81 bits per heavy atom. The van der Waals surface area contributed by atoms with Crippen molar-refractivity contribution >= 4 is 22.5 Å². The summed E-state index contributed by atoms with van der Waals surface area (Å²) in [6.07, 6.45) is 3.83. The van der Waals surface area contributed by atoms with E-state index in [0.717, 1.165) is 36.5 Å². The fraction of sp³-hybridized carbons (Fsp3) is 0.455. The van der Waals surface area contributed by atoms with E-state index in [1.54, 1.807) is 0 Å². The molecule has 1 aliphatic rings. The summed E-state index contributed by atoms with van der Waals surface area (Å²) in [5.41, 5.74) is 0. The van der Waals surface area contributed by atoms with Crippen LogP contribution in [-0.4, -0.2) is 36.1 Å². The van der Waals surface area contributed by atoms with Crippen LogP contribution in [0, 0.1) is 5.92 Å². The van der Waals surface area contributed by atoms with Crippen LogP contribution in [0.15, 0.2) is 42.5 Å². The third kappa shape index (κ3) is 5.54. The maximum absolute atomic E-state index is 12.0. The zero-order valence-electron chi connectivity index (χ0n) is 15.5. The lowest BCUT2D eigenvalue weighted by atomic mass is 9.99. The molecule has 2 aromatic rings. The molecule has 1 saturated carbocycles. The van der Waals surface area contributed by atoms with Crippen LogP contribution in [0.25, 0.3) is 10.8 Å². The minimum absolute atomic E-state index is 0.0926. The number of aliphatic hydroxyl groups is 1. The van der Waals surface area contributed by atoms with Gasteiger partial charge in [-0.3, -0.25) is 9.59 Å². The molecule has 1 amide bonds. The maximum Gasteiger partial charge on any atom is 0.220 e. The standard InChI is InChI=1S/C22H27NO4/c24-18(14-23-22(26)13-12-20(25)17-7-1-2-8-17)15-27-21-11-5-9-16-6-3-4-10-19(16)21/h3-6,9-11,17-18,24H,1-2,7-8,12-15H2,(H,23,26)/t18-/m1/s1. The molecule has 27 heavy (non-hydrogen) atoms. The third-order valence-electron chi connectivity index (χ3n) is 5.12. The molecule has 2 aromatic carbocycles. The zero-order valence-corrected chi connectivity index (χ0v) is 15.5. The number of fused-ring (bicyclic) bond motifs is 1. The Bertz CT molecular complexity index is 777. The number of benzene rings is 2. The molecule has 0 bridgehead atoms. The first-order chi connectivity index (χ1) is 13.1. The highest BCUT2D eigenvalue weighted by molar-refractivity contribution is 5.88. The summed E-state index contributed by atoms with van der Waals surface area (Å²) in [5, 5.41) is 14.8. The van der Waals surface area contributed by atoms with Gasteiger partial charge in [0.05, 0.1) is 0 Å². The van der Waals surface area contributed by atoms with Gasteiger partial charge in [0, 0.05) is 30.7 Å². The van der Waals surface area contributed by atoms with E-state index < -0.39 is 6.10 Å². The van der Waals surface area contributed by atoms with Gasteiger partial charge in [-0.15, -0.1) is 0 Å². The van der Waals surface area contributed by atoms with Crippen molar-refractivity contribution in [3.8, 4) is 5.75 Å². The molecule has 0 aliphatic heterocycles.